The second-order valence-electron chi connectivity index (χ2n) is 10.2. The van der Waals surface area contributed by atoms with E-state index in [-0.39, 0.29) is 5.97 Å². The SMILES string of the molecule is CCCCC/C=C\C/C=C\CCCCCCCC(=O)Oc1cccc2cccc(C[C@@H](C)N(C)C)c12. The number of carbonyl (C=O) groups excluding carboxylic acids is 1. The van der Waals surface area contributed by atoms with Crippen molar-refractivity contribution in [2.24, 2.45) is 0 Å². The van der Waals surface area contributed by atoms with Gasteiger partial charge in [-0.1, -0.05) is 93.7 Å². The highest BCUT2D eigenvalue weighted by Gasteiger charge is 2.14. The largest absolute Gasteiger partial charge is 0.426 e. The lowest BCUT2D eigenvalue weighted by molar-refractivity contribution is -0.134. The first-order valence-corrected chi connectivity index (χ1v) is 14.2. The first-order chi connectivity index (χ1) is 17.5. The molecule has 0 amide bonds. The first-order valence-electron chi connectivity index (χ1n) is 14.2. The van der Waals surface area contributed by atoms with E-state index in [1.165, 1.54) is 50.5 Å². The highest BCUT2D eigenvalue weighted by Crippen LogP contribution is 2.30. The fourth-order valence-electron chi connectivity index (χ4n) is 4.39. The summed E-state index contributed by atoms with van der Waals surface area (Å²) in [6.45, 7) is 4.47. The average Bonchev–Trinajstić information content (AvgIpc) is 2.86. The topological polar surface area (TPSA) is 29.5 Å². The molecular weight excluding hydrogens is 442 g/mol. The van der Waals surface area contributed by atoms with Gasteiger partial charge < -0.3 is 9.64 Å². The van der Waals surface area contributed by atoms with Crippen molar-refractivity contribution in [3.63, 3.8) is 0 Å². The van der Waals surface area contributed by atoms with Crippen molar-refractivity contribution in [3.05, 3.63) is 66.3 Å². The van der Waals surface area contributed by atoms with Gasteiger partial charge in [0.2, 0.25) is 0 Å². The van der Waals surface area contributed by atoms with Crippen LogP contribution in [0.2, 0.25) is 0 Å². The van der Waals surface area contributed by atoms with Crippen LogP contribution in [-0.2, 0) is 11.2 Å². The van der Waals surface area contributed by atoms with Gasteiger partial charge in [-0.3, -0.25) is 4.79 Å². The number of unbranched alkanes of at least 4 members (excludes halogenated alkanes) is 8. The van der Waals surface area contributed by atoms with Crippen molar-refractivity contribution in [1.82, 2.24) is 4.90 Å². The van der Waals surface area contributed by atoms with Gasteiger partial charge in [0.1, 0.15) is 5.75 Å². The number of esters is 1. The quantitative estimate of drug-likeness (QED) is 0.0901. The lowest BCUT2D eigenvalue weighted by Gasteiger charge is -2.21. The highest BCUT2D eigenvalue weighted by atomic mass is 16.5. The van der Waals surface area contributed by atoms with Crippen LogP contribution in [0.1, 0.15) is 96.5 Å². The van der Waals surface area contributed by atoms with Crippen LogP contribution in [0.15, 0.2) is 60.7 Å². The zero-order valence-corrected chi connectivity index (χ0v) is 23.3. The molecule has 0 aliphatic carbocycles. The standard InChI is InChI=1S/C33H49NO2/c1-5-6-7-8-9-10-11-12-13-14-15-16-17-18-19-26-32(35)36-31-25-21-23-29-22-20-24-30(33(29)31)27-28(2)34(3)4/h9-10,12-13,20-25,28H,5-8,11,14-19,26-27H2,1-4H3/b10-9-,13-12-/t28-/m1/s1. The van der Waals surface area contributed by atoms with Crippen molar-refractivity contribution in [2.45, 2.75) is 103 Å². The molecule has 0 N–H and O–H groups in total. The first kappa shape index (κ1) is 29.8. The fraction of sp³-hybridized carbons (Fsp3) is 0.545. The Labute approximate surface area is 220 Å². The number of allylic oxidation sites excluding steroid dienone is 4. The molecule has 0 unspecified atom stereocenters. The molecule has 0 aliphatic heterocycles. The Morgan fingerprint density at radius 3 is 2.19 bits per heavy atom. The van der Waals surface area contributed by atoms with Gasteiger partial charge in [0.25, 0.3) is 0 Å². The number of hydrogen-bond acceptors (Lipinski definition) is 3. The molecule has 0 radical (unpaired) electrons. The van der Waals surface area contributed by atoms with E-state index in [1.54, 1.807) is 0 Å². The van der Waals surface area contributed by atoms with Crippen molar-refractivity contribution < 1.29 is 9.53 Å². The smallest absolute Gasteiger partial charge is 0.311 e. The third-order valence-electron chi connectivity index (χ3n) is 6.90. The lowest BCUT2D eigenvalue weighted by Crippen LogP contribution is -2.26. The van der Waals surface area contributed by atoms with Crippen LogP contribution in [0.4, 0.5) is 0 Å². The fourth-order valence-corrected chi connectivity index (χ4v) is 4.39. The maximum atomic E-state index is 12.6. The van der Waals surface area contributed by atoms with E-state index in [1.807, 2.05) is 12.1 Å². The van der Waals surface area contributed by atoms with E-state index in [0.717, 1.165) is 42.9 Å². The van der Waals surface area contributed by atoms with Crippen LogP contribution < -0.4 is 4.74 Å². The average molecular weight is 492 g/mol. The molecule has 1 atom stereocenters. The zero-order valence-electron chi connectivity index (χ0n) is 23.3. The lowest BCUT2D eigenvalue weighted by atomic mass is 9.98. The van der Waals surface area contributed by atoms with Crippen molar-refractivity contribution in [2.75, 3.05) is 14.1 Å². The molecule has 0 spiro atoms. The number of benzene rings is 2. The van der Waals surface area contributed by atoms with Crippen molar-refractivity contribution in [3.8, 4) is 5.75 Å². The molecule has 0 fully saturated rings. The van der Waals surface area contributed by atoms with Gasteiger partial charge in [0.15, 0.2) is 0 Å². The summed E-state index contributed by atoms with van der Waals surface area (Å²) in [6, 6.07) is 12.7. The van der Waals surface area contributed by atoms with Crippen LogP contribution in [0, 0.1) is 0 Å². The molecule has 0 aromatic heterocycles. The number of rotatable bonds is 18. The van der Waals surface area contributed by atoms with Crippen LogP contribution >= 0.6 is 0 Å². The Morgan fingerprint density at radius 2 is 1.50 bits per heavy atom. The molecule has 36 heavy (non-hydrogen) atoms. The maximum absolute atomic E-state index is 12.6. The summed E-state index contributed by atoms with van der Waals surface area (Å²) in [5, 5.41) is 2.20. The van der Waals surface area contributed by atoms with Gasteiger partial charge in [-0.05, 0) is 83.0 Å². The second-order valence-corrected chi connectivity index (χ2v) is 10.2. The zero-order chi connectivity index (χ0) is 26.0. The summed E-state index contributed by atoms with van der Waals surface area (Å²) in [5.41, 5.74) is 1.23. The summed E-state index contributed by atoms with van der Waals surface area (Å²) in [6.07, 6.45) is 23.6. The number of ether oxygens (including phenoxy) is 1. The molecule has 2 rings (SSSR count). The number of likely N-dealkylation sites (N-methyl/N-ethyl adjacent to an activating group) is 1. The van der Waals surface area contributed by atoms with E-state index in [4.69, 9.17) is 4.74 Å². The molecule has 0 saturated carbocycles. The predicted molar refractivity (Wildman–Crippen MR) is 156 cm³/mol. The van der Waals surface area contributed by atoms with E-state index >= 15 is 0 Å². The molecule has 2 aromatic rings. The van der Waals surface area contributed by atoms with Gasteiger partial charge in [-0.2, -0.15) is 0 Å². The molecule has 0 aliphatic rings. The summed E-state index contributed by atoms with van der Waals surface area (Å²) in [7, 11) is 4.20. The molecule has 198 valence electrons. The molecule has 0 heterocycles. The van der Waals surface area contributed by atoms with Crippen molar-refractivity contribution in [1.29, 1.82) is 0 Å². The summed E-state index contributed by atoms with van der Waals surface area (Å²) in [5.74, 6) is 0.574. The number of nitrogens with zero attached hydrogens (tertiary/aromatic N) is 1. The van der Waals surface area contributed by atoms with E-state index < -0.39 is 0 Å². The van der Waals surface area contributed by atoms with Gasteiger partial charge in [0.05, 0.1) is 0 Å². The maximum Gasteiger partial charge on any atom is 0.311 e. The van der Waals surface area contributed by atoms with Gasteiger partial charge in [-0.25, -0.2) is 0 Å². The Kier molecular flexibility index (Phi) is 14.9. The Morgan fingerprint density at radius 1 is 0.861 bits per heavy atom. The van der Waals surface area contributed by atoms with Crippen molar-refractivity contribution >= 4 is 16.7 Å². The highest BCUT2D eigenvalue weighted by molar-refractivity contribution is 5.93. The number of hydrogen-bond donors (Lipinski definition) is 0. The predicted octanol–water partition coefficient (Wildman–Crippen LogP) is 9.05. The molecule has 3 nitrogen and oxygen atoms in total. The minimum Gasteiger partial charge on any atom is -0.426 e. The minimum atomic E-state index is -0.122. The summed E-state index contributed by atoms with van der Waals surface area (Å²) >= 11 is 0. The summed E-state index contributed by atoms with van der Waals surface area (Å²) < 4.78 is 5.86. The van der Waals surface area contributed by atoms with E-state index in [9.17, 15) is 4.79 Å². The molecule has 0 bridgehead atoms. The molecule has 3 heteroatoms. The van der Waals surface area contributed by atoms with E-state index in [0.29, 0.717) is 18.2 Å². The molecule has 2 aromatic carbocycles. The third-order valence-corrected chi connectivity index (χ3v) is 6.90. The number of carbonyl (C=O) groups is 1. The number of fused-ring (bicyclic) bond motifs is 1. The van der Waals surface area contributed by atoms with Gasteiger partial charge in [-0.15, -0.1) is 0 Å². The third kappa shape index (κ3) is 11.6. The monoisotopic (exact) mass is 491 g/mol. The Hall–Kier alpha value is -2.39. The van der Waals surface area contributed by atoms with Crippen LogP contribution in [0.3, 0.4) is 0 Å². The molecule has 0 saturated heterocycles. The van der Waals surface area contributed by atoms with Crippen LogP contribution in [0.25, 0.3) is 10.8 Å². The molecular formula is C33H49NO2. The van der Waals surface area contributed by atoms with E-state index in [2.05, 4.69) is 81.4 Å². The minimum absolute atomic E-state index is 0.122. The summed E-state index contributed by atoms with van der Waals surface area (Å²) in [4.78, 5) is 14.8. The Bertz CT molecular complexity index is 939. The normalized spacial score (nSPS) is 12.8. The van der Waals surface area contributed by atoms with Gasteiger partial charge >= 0.3 is 5.97 Å². The van der Waals surface area contributed by atoms with Crippen LogP contribution in [-0.4, -0.2) is 31.0 Å². The van der Waals surface area contributed by atoms with Gasteiger partial charge in [0, 0.05) is 17.8 Å². The second kappa shape index (κ2) is 17.9. The Balaban J connectivity index is 1.66. The van der Waals surface area contributed by atoms with Crippen LogP contribution in [0.5, 0.6) is 5.75 Å².